The van der Waals surface area contributed by atoms with E-state index in [0.717, 1.165) is 22.5 Å². The summed E-state index contributed by atoms with van der Waals surface area (Å²) < 4.78 is 1.47. The maximum Gasteiger partial charge on any atom is 0.276 e. The van der Waals surface area contributed by atoms with Crippen molar-refractivity contribution in [3.05, 3.63) is 93.2 Å². The molecule has 0 saturated carbocycles. The van der Waals surface area contributed by atoms with Gasteiger partial charge in [0.05, 0.1) is 5.69 Å². The number of aromatic nitrogens is 3. The van der Waals surface area contributed by atoms with Crippen molar-refractivity contribution in [2.24, 2.45) is 0 Å². The Morgan fingerprint density at radius 3 is 2.48 bits per heavy atom. The fraction of sp³-hybridized carbons (Fsp3) is 0.208. The summed E-state index contributed by atoms with van der Waals surface area (Å²) >= 11 is 1.41. The number of nitrogens with one attached hydrogen (secondary N) is 1. The molecular formula is C24H24N4O2S. The van der Waals surface area contributed by atoms with E-state index in [1.807, 2.05) is 73.0 Å². The standard InChI is InChI=1S/C24H24N4O2S/c1-17-20(13-14-22(29)27(2)15-18-9-5-3-6-10-18)23(30)28(26-17)24-25-21(16-31-24)19-11-7-4-8-12-19/h3-12,16,26H,13-15H2,1-2H3. The Morgan fingerprint density at radius 2 is 1.77 bits per heavy atom. The van der Waals surface area contributed by atoms with Gasteiger partial charge in [-0.15, -0.1) is 11.3 Å². The topological polar surface area (TPSA) is 71.0 Å². The molecule has 158 valence electrons. The SMILES string of the molecule is Cc1[nH]n(-c2nc(-c3ccccc3)cs2)c(=O)c1CCC(=O)N(C)Cc1ccccc1. The third kappa shape index (κ3) is 4.67. The van der Waals surface area contributed by atoms with Gasteiger partial charge in [-0.3, -0.25) is 14.7 Å². The molecule has 1 amide bonds. The highest BCUT2D eigenvalue weighted by Crippen LogP contribution is 2.23. The van der Waals surface area contributed by atoms with Crippen molar-refractivity contribution in [3.8, 4) is 16.4 Å². The molecule has 0 aliphatic heterocycles. The molecule has 0 unspecified atom stereocenters. The fourth-order valence-electron chi connectivity index (χ4n) is 3.49. The summed E-state index contributed by atoms with van der Waals surface area (Å²) in [6, 6.07) is 19.7. The van der Waals surface area contributed by atoms with Gasteiger partial charge in [0.25, 0.3) is 5.56 Å². The lowest BCUT2D eigenvalue weighted by atomic mass is 10.1. The van der Waals surface area contributed by atoms with Crippen LogP contribution in [0.1, 0.15) is 23.2 Å². The molecular weight excluding hydrogens is 408 g/mol. The van der Waals surface area contributed by atoms with E-state index in [1.54, 1.807) is 11.9 Å². The molecule has 2 aromatic heterocycles. The largest absolute Gasteiger partial charge is 0.341 e. The lowest BCUT2D eigenvalue weighted by molar-refractivity contribution is -0.130. The van der Waals surface area contributed by atoms with Crippen LogP contribution < -0.4 is 5.56 Å². The van der Waals surface area contributed by atoms with E-state index >= 15 is 0 Å². The Morgan fingerprint density at radius 1 is 1.10 bits per heavy atom. The number of carbonyl (C=O) groups is 1. The van der Waals surface area contributed by atoms with Crippen LogP contribution in [0.2, 0.25) is 0 Å². The number of benzene rings is 2. The molecule has 6 nitrogen and oxygen atoms in total. The van der Waals surface area contributed by atoms with Crippen LogP contribution >= 0.6 is 11.3 Å². The smallest absolute Gasteiger partial charge is 0.276 e. The van der Waals surface area contributed by atoms with E-state index in [0.29, 0.717) is 23.7 Å². The second-order valence-corrected chi connectivity index (χ2v) is 8.31. The zero-order valence-corrected chi connectivity index (χ0v) is 18.4. The molecule has 0 spiro atoms. The molecule has 0 aliphatic rings. The van der Waals surface area contributed by atoms with Gasteiger partial charge in [-0.2, -0.15) is 4.68 Å². The first-order valence-electron chi connectivity index (χ1n) is 10.1. The minimum Gasteiger partial charge on any atom is -0.341 e. The minimum atomic E-state index is -0.148. The van der Waals surface area contributed by atoms with Crippen molar-refractivity contribution in [1.82, 2.24) is 19.7 Å². The average molecular weight is 433 g/mol. The number of carbonyl (C=O) groups excluding carboxylic acids is 1. The van der Waals surface area contributed by atoms with Crippen molar-refractivity contribution in [3.63, 3.8) is 0 Å². The number of amides is 1. The average Bonchev–Trinajstić information content (AvgIpc) is 3.38. The van der Waals surface area contributed by atoms with Gasteiger partial charge in [0.2, 0.25) is 11.0 Å². The molecule has 2 aromatic carbocycles. The number of hydrogen-bond donors (Lipinski definition) is 1. The zero-order chi connectivity index (χ0) is 21.8. The molecule has 31 heavy (non-hydrogen) atoms. The van der Waals surface area contributed by atoms with E-state index in [4.69, 9.17) is 0 Å². The Labute approximate surface area is 184 Å². The van der Waals surface area contributed by atoms with E-state index in [2.05, 4.69) is 10.1 Å². The molecule has 0 saturated heterocycles. The summed E-state index contributed by atoms with van der Waals surface area (Å²) in [5, 5.41) is 5.64. The minimum absolute atomic E-state index is 0.0102. The maximum atomic E-state index is 13.0. The number of nitrogens with zero attached hydrogens (tertiary/aromatic N) is 3. The third-order valence-corrected chi connectivity index (χ3v) is 6.05. The number of thiazole rings is 1. The normalized spacial score (nSPS) is 10.9. The van der Waals surface area contributed by atoms with Gasteiger partial charge >= 0.3 is 0 Å². The van der Waals surface area contributed by atoms with Crippen LogP contribution in [0.15, 0.2) is 70.8 Å². The van der Waals surface area contributed by atoms with E-state index in [-0.39, 0.29) is 17.9 Å². The van der Waals surface area contributed by atoms with Crippen LogP contribution in [0.25, 0.3) is 16.4 Å². The highest BCUT2D eigenvalue weighted by Gasteiger charge is 2.17. The van der Waals surface area contributed by atoms with Gasteiger partial charge in [-0.05, 0) is 18.9 Å². The molecule has 0 bridgehead atoms. The Kier molecular flexibility index (Phi) is 6.13. The molecule has 4 rings (SSSR count). The molecule has 1 N–H and O–H groups in total. The predicted octanol–water partition coefficient (Wildman–Crippen LogP) is 4.19. The summed E-state index contributed by atoms with van der Waals surface area (Å²) in [7, 11) is 1.79. The first kappa shape index (κ1) is 20.8. The van der Waals surface area contributed by atoms with Gasteiger partial charge in [-0.25, -0.2) is 4.98 Å². The van der Waals surface area contributed by atoms with E-state index in [1.165, 1.54) is 16.0 Å². The van der Waals surface area contributed by atoms with Gasteiger partial charge < -0.3 is 4.90 Å². The monoisotopic (exact) mass is 432 g/mol. The summed E-state index contributed by atoms with van der Waals surface area (Å²) in [6.45, 7) is 2.41. The van der Waals surface area contributed by atoms with Crippen molar-refractivity contribution >= 4 is 17.2 Å². The lowest BCUT2D eigenvalue weighted by Crippen LogP contribution is -2.27. The van der Waals surface area contributed by atoms with Crippen molar-refractivity contribution in [1.29, 1.82) is 0 Å². The number of aromatic amines is 1. The van der Waals surface area contributed by atoms with Gasteiger partial charge in [0.1, 0.15) is 0 Å². The van der Waals surface area contributed by atoms with Crippen LogP contribution in [-0.4, -0.2) is 32.6 Å². The predicted molar refractivity (Wildman–Crippen MR) is 123 cm³/mol. The Hall–Kier alpha value is -3.45. The Bertz CT molecular complexity index is 1230. The van der Waals surface area contributed by atoms with Crippen molar-refractivity contribution < 1.29 is 4.79 Å². The number of aryl methyl sites for hydroxylation is 1. The first-order chi connectivity index (χ1) is 15.0. The maximum absolute atomic E-state index is 13.0. The molecule has 2 heterocycles. The first-order valence-corrected chi connectivity index (χ1v) is 11.0. The summed E-state index contributed by atoms with van der Waals surface area (Å²) in [4.78, 5) is 31.9. The molecule has 0 aliphatic carbocycles. The lowest BCUT2D eigenvalue weighted by Gasteiger charge is -2.17. The van der Waals surface area contributed by atoms with Crippen LogP contribution in [0.3, 0.4) is 0 Å². The van der Waals surface area contributed by atoms with Crippen molar-refractivity contribution in [2.75, 3.05) is 7.05 Å². The quantitative estimate of drug-likeness (QED) is 0.476. The molecule has 7 heteroatoms. The van der Waals surface area contributed by atoms with Gasteiger partial charge in [-0.1, -0.05) is 60.7 Å². The number of hydrogen-bond acceptors (Lipinski definition) is 4. The highest BCUT2D eigenvalue weighted by atomic mass is 32.1. The van der Waals surface area contributed by atoms with Crippen LogP contribution in [0, 0.1) is 6.92 Å². The van der Waals surface area contributed by atoms with Crippen LogP contribution in [0.4, 0.5) is 0 Å². The van der Waals surface area contributed by atoms with Crippen LogP contribution in [-0.2, 0) is 17.8 Å². The number of rotatable bonds is 7. The summed E-state index contributed by atoms with van der Waals surface area (Å²) in [5.74, 6) is 0.0102. The molecule has 0 fully saturated rings. The summed E-state index contributed by atoms with van der Waals surface area (Å²) in [6.07, 6.45) is 0.674. The molecule has 0 atom stereocenters. The fourth-order valence-corrected chi connectivity index (χ4v) is 4.28. The summed E-state index contributed by atoms with van der Waals surface area (Å²) in [5.41, 5.74) is 4.16. The second kappa shape index (κ2) is 9.14. The zero-order valence-electron chi connectivity index (χ0n) is 17.5. The number of H-pyrrole nitrogens is 1. The van der Waals surface area contributed by atoms with Crippen LogP contribution in [0.5, 0.6) is 0 Å². The molecule has 4 aromatic rings. The third-order valence-electron chi connectivity index (χ3n) is 5.22. The van der Waals surface area contributed by atoms with Gasteiger partial charge in [0.15, 0.2) is 0 Å². The second-order valence-electron chi connectivity index (χ2n) is 7.47. The highest BCUT2D eigenvalue weighted by molar-refractivity contribution is 7.12. The van der Waals surface area contributed by atoms with E-state index in [9.17, 15) is 9.59 Å². The molecule has 0 radical (unpaired) electrons. The van der Waals surface area contributed by atoms with Crippen molar-refractivity contribution in [2.45, 2.75) is 26.3 Å². The van der Waals surface area contributed by atoms with Gasteiger partial charge in [0, 0.05) is 42.2 Å². The van der Waals surface area contributed by atoms with E-state index < -0.39 is 0 Å². The Balaban J connectivity index is 1.46.